The fourth-order valence-corrected chi connectivity index (χ4v) is 1.11. The summed E-state index contributed by atoms with van der Waals surface area (Å²) in [5, 5.41) is 15.9. The molecule has 1 unspecified atom stereocenters. The van der Waals surface area contributed by atoms with Crippen molar-refractivity contribution >= 4 is 17.3 Å². The molecular formula is C10H13N3O3. The summed E-state index contributed by atoms with van der Waals surface area (Å²) in [4.78, 5) is 21.7. The number of para-hydroxylation sites is 2. The lowest BCUT2D eigenvalue weighted by Crippen LogP contribution is -2.35. The lowest BCUT2D eigenvalue weighted by atomic mass is 10.2. The van der Waals surface area contributed by atoms with Crippen LogP contribution in [0.4, 0.5) is 11.4 Å². The van der Waals surface area contributed by atoms with Crippen LogP contribution in [-0.4, -0.2) is 23.9 Å². The second kappa shape index (κ2) is 5.22. The highest BCUT2D eigenvalue weighted by molar-refractivity contribution is 5.96. The molecule has 1 aromatic rings. The van der Waals surface area contributed by atoms with Crippen molar-refractivity contribution in [2.45, 2.75) is 13.0 Å². The molecule has 2 N–H and O–H groups in total. The van der Waals surface area contributed by atoms with Crippen LogP contribution in [0.15, 0.2) is 24.3 Å². The maximum Gasteiger partial charge on any atom is 0.292 e. The van der Waals surface area contributed by atoms with Gasteiger partial charge in [0.05, 0.1) is 11.0 Å². The molecule has 0 aromatic heterocycles. The Kier molecular flexibility index (Phi) is 3.96. The number of anilines is 1. The number of carbonyl (C=O) groups excluding carboxylic acids is 1. The van der Waals surface area contributed by atoms with Gasteiger partial charge in [-0.05, 0) is 20.0 Å². The Labute approximate surface area is 92.8 Å². The molecule has 1 amide bonds. The SMILES string of the molecule is CNC(C)C(=O)Nc1ccccc1[N+](=O)[O-]. The molecular weight excluding hydrogens is 210 g/mol. The topological polar surface area (TPSA) is 84.3 Å². The Hall–Kier alpha value is -1.95. The Morgan fingerprint density at radius 2 is 2.06 bits per heavy atom. The van der Waals surface area contributed by atoms with E-state index in [1.807, 2.05) is 0 Å². The third-order valence-electron chi connectivity index (χ3n) is 2.18. The second-order valence-electron chi connectivity index (χ2n) is 3.27. The van der Waals surface area contributed by atoms with Crippen molar-refractivity contribution in [1.82, 2.24) is 5.32 Å². The van der Waals surface area contributed by atoms with Gasteiger partial charge in [-0.25, -0.2) is 0 Å². The number of hydrogen-bond donors (Lipinski definition) is 2. The summed E-state index contributed by atoms with van der Waals surface area (Å²) >= 11 is 0. The highest BCUT2D eigenvalue weighted by atomic mass is 16.6. The molecule has 0 saturated carbocycles. The molecule has 16 heavy (non-hydrogen) atoms. The fraction of sp³-hybridized carbons (Fsp3) is 0.300. The van der Waals surface area contributed by atoms with E-state index in [-0.39, 0.29) is 17.3 Å². The maximum absolute atomic E-state index is 11.5. The molecule has 0 aliphatic rings. The average molecular weight is 223 g/mol. The molecule has 6 nitrogen and oxygen atoms in total. The zero-order valence-corrected chi connectivity index (χ0v) is 9.06. The van der Waals surface area contributed by atoms with Crippen LogP contribution in [0.2, 0.25) is 0 Å². The van der Waals surface area contributed by atoms with E-state index in [0.29, 0.717) is 0 Å². The molecule has 0 radical (unpaired) electrons. The summed E-state index contributed by atoms with van der Waals surface area (Å²) in [6.07, 6.45) is 0. The van der Waals surface area contributed by atoms with Gasteiger partial charge in [0.2, 0.25) is 5.91 Å². The number of amides is 1. The largest absolute Gasteiger partial charge is 0.319 e. The van der Waals surface area contributed by atoms with Crippen molar-refractivity contribution in [3.05, 3.63) is 34.4 Å². The first-order valence-corrected chi connectivity index (χ1v) is 4.77. The molecule has 0 spiro atoms. The number of nitro groups is 1. The number of benzene rings is 1. The normalized spacial score (nSPS) is 11.9. The number of nitrogens with zero attached hydrogens (tertiary/aromatic N) is 1. The van der Waals surface area contributed by atoms with Crippen molar-refractivity contribution in [3.8, 4) is 0 Å². The van der Waals surface area contributed by atoms with E-state index in [1.54, 1.807) is 26.1 Å². The Balaban J connectivity index is 2.89. The minimum absolute atomic E-state index is 0.112. The highest BCUT2D eigenvalue weighted by Crippen LogP contribution is 2.23. The third-order valence-corrected chi connectivity index (χ3v) is 2.18. The van der Waals surface area contributed by atoms with E-state index in [2.05, 4.69) is 10.6 Å². The molecule has 0 fully saturated rings. The number of hydrogen-bond acceptors (Lipinski definition) is 4. The molecule has 0 heterocycles. The van der Waals surface area contributed by atoms with Crippen LogP contribution < -0.4 is 10.6 Å². The third kappa shape index (κ3) is 2.77. The number of rotatable bonds is 4. The summed E-state index contributed by atoms with van der Waals surface area (Å²) in [5.41, 5.74) is 0.0961. The monoisotopic (exact) mass is 223 g/mol. The van der Waals surface area contributed by atoms with Gasteiger partial charge in [-0.3, -0.25) is 14.9 Å². The van der Waals surface area contributed by atoms with Crippen LogP contribution >= 0.6 is 0 Å². The summed E-state index contributed by atoms with van der Waals surface area (Å²) in [6, 6.07) is 5.62. The van der Waals surface area contributed by atoms with E-state index >= 15 is 0 Å². The van der Waals surface area contributed by atoms with Crippen LogP contribution in [0.1, 0.15) is 6.92 Å². The summed E-state index contributed by atoms with van der Waals surface area (Å²) < 4.78 is 0. The van der Waals surface area contributed by atoms with Gasteiger partial charge in [-0.15, -0.1) is 0 Å². The minimum atomic E-state index is -0.528. The predicted octanol–water partition coefficient (Wildman–Crippen LogP) is 1.14. The van der Waals surface area contributed by atoms with Crippen LogP contribution in [0.5, 0.6) is 0 Å². The van der Waals surface area contributed by atoms with Gasteiger partial charge in [-0.2, -0.15) is 0 Å². The molecule has 1 rings (SSSR count). The van der Waals surface area contributed by atoms with Crippen molar-refractivity contribution in [3.63, 3.8) is 0 Å². The molecule has 1 atom stereocenters. The second-order valence-corrected chi connectivity index (χ2v) is 3.27. The molecule has 86 valence electrons. The van der Waals surface area contributed by atoms with E-state index in [1.165, 1.54) is 12.1 Å². The van der Waals surface area contributed by atoms with Crippen LogP contribution in [-0.2, 0) is 4.79 Å². The lowest BCUT2D eigenvalue weighted by Gasteiger charge is -2.10. The van der Waals surface area contributed by atoms with Gasteiger partial charge in [0, 0.05) is 6.07 Å². The molecule has 0 aliphatic heterocycles. The van der Waals surface area contributed by atoms with Gasteiger partial charge < -0.3 is 10.6 Å². The van der Waals surface area contributed by atoms with E-state index in [4.69, 9.17) is 0 Å². The van der Waals surface area contributed by atoms with Crippen molar-refractivity contribution in [2.75, 3.05) is 12.4 Å². The van der Waals surface area contributed by atoms with Crippen LogP contribution in [0.3, 0.4) is 0 Å². The van der Waals surface area contributed by atoms with E-state index < -0.39 is 11.0 Å². The molecule has 1 aromatic carbocycles. The first kappa shape index (κ1) is 12.1. The highest BCUT2D eigenvalue weighted by Gasteiger charge is 2.17. The molecule has 0 bridgehead atoms. The number of carbonyl (C=O) groups is 1. The van der Waals surface area contributed by atoms with Crippen molar-refractivity contribution in [2.24, 2.45) is 0 Å². The summed E-state index contributed by atoms with van der Waals surface area (Å²) in [7, 11) is 1.64. The standard InChI is InChI=1S/C10H13N3O3/c1-7(11-2)10(14)12-8-5-3-4-6-9(8)13(15)16/h3-7,11H,1-2H3,(H,12,14). The molecule has 0 aliphatic carbocycles. The smallest absolute Gasteiger partial charge is 0.292 e. The quantitative estimate of drug-likeness (QED) is 0.592. The first-order chi connectivity index (χ1) is 7.56. The zero-order chi connectivity index (χ0) is 12.1. The number of nitrogens with one attached hydrogen (secondary N) is 2. The summed E-state index contributed by atoms with van der Waals surface area (Å²) in [5.74, 6) is -0.309. The average Bonchev–Trinajstić information content (AvgIpc) is 2.28. The molecule has 6 heteroatoms. The number of nitro benzene ring substituents is 1. The fourth-order valence-electron chi connectivity index (χ4n) is 1.11. The predicted molar refractivity (Wildman–Crippen MR) is 60.2 cm³/mol. The van der Waals surface area contributed by atoms with Gasteiger partial charge in [-0.1, -0.05) is 12.1 Å². The van der Waals surface area contributed by atoms with Crippen LogP contribution in [0, 0.1) is 10.1 Å². The lowest BCUT2D eigenvalue weighted by molar-refractivity contribution is -0.383. The van der Waals surface area contributed by atoms with E-state index in [0.717, 1.165) is 0 Å². The zero-order valence-electron chi connectivity index (χ0n) is 9.06. The van der Waals surface area contributed by atoms with Gasteiger partial charge in [0.15, 0.2) is 0 Å². The number of likely N-dealkylation sites (N-methyl/N-ethyl adjacent to an activating group) is 1. The van der Waals surface area contributed by atoms with E-state index in [9.17, 15) is 14.9 Å². The summed E-state index contributed by atoms with van der Waals surface area (Å²) in [6.45, 7) is 1.67. The maximum atomic E-state index is 11.5. The first-order valence-electron chi connectivity index (χ1n) is 4.77. The van der Waals surface area contributed by atoms with Gasteiger partial charge in [0.1, 0.15) is 5.69 Å². The minimum Gasteiger partial charge on any atom is -0.319 e. The van der Waals surface area contributed by atoms with Crippen molar-refractivity contribution < 1.29 is 9.72 Å². The molecule has 0 saturated heterocycles. The van der Waals surface area contributed by atoms with Gasteiger partial charge in [0.25, 0.3) is 5.69 Å². The Morgan fingerprint density at radius 3 is 2.62 bits per heavy atom. The van der Waals surface area contributed by atoms with Crippen LogP contribution in [0.25, 0.3) is 0 Å². The van der Waals surface area contributed by atoms with Gasteiger partial charge >= 0.3 is 0 Å². The van der Waals surface area contributed by atoms with Crippen molar-refractivity contribution in [1.29, 1.82) is 0 Å². The Bertz CT molecular complexity index is 406. The Morgan fingerprint density at radius 1 is 1.44 bits per heavy atom.